The third kappa shape index (κ3) is 5.61. The van der Waals surface area contributed by atoms with Crippen LogP contribution in [-0.4, -0.2) is 26.4 Å². The van der Waals surface area contributed by atoms with Crippen LogP contribution in [-0.2, 0) is 17.5 Å². The van der Waals surface area contributed by atoms with E-state index in [9.17, 15) is 18.0 Å². The Balaban J connectivity index is 1.54. The molecule has 0 radical (unpaired) electrons. The molecule has 9 heteroatoms. The van der Waals surface area contributed by atoms with Crippen molar-refractivity contribution in [2.24, 2.45) is 0 Å². The van der Waals surface area contributed by atoms with E-state index >= 15 is 0 Å². The second-order valence-electron chi connectivity index (χ2n) is 7.12. The van der Waals surface area contributed by atoms with E-state index in [1.54, 1.807) is 0 Å². The molecule has 168 valence electrons. The molecule has 0 atom stereocenters. The highest BCUT2D eigenvalue weighted by atomic mass is 32.2. The van der Waals surface area contributed by atoms with Crippen LogP contribution in [0, 0.1) is 0 Å². The monoisotopic (exact) mass is 468 g/mol. The molecule has 33 heavy (non-hydrogen) atoms. The van der Waals surface area contributed by atoms with E-state index in [0.717, 1.165) is 29.0 Å². The number of hydrogen-bond acceptors (Lipinski definition) is 4. The number of thioether (sulfide) groups is 1. The third-order valence-electron chi connectivity index (χ3n) is 4.77. The maximum absolute atomic E-state index is 13.2. The van der Waals surface area contributed by atoms with Gasteiger partial charge in [0.2, 0.25) is 5.91 Å². The second kappa shape index (κ2) is 9.91. The van der Waals surface area contributed by atoms with Crippen LogP contribution >= 0.6 is 11.8 Å². The third-order valence-corrected chi connectivity index (χ3v) is 5.74. The zero-order valence-corrected chi connectivity index (χ0v) is 18.1. The Morgan fingerprint density at radius 2 is 1.52 bits per heavy atom. The van der Waals surface area contributed by atoms with Gasteiger partial charge in [0.1, 0.15) is 0 Å². The van der Waals surface area contributed by atoms with Gasteiger partial charge in [-0.25, -0.2) is 0 Å². The Morgan fingerprint density at radius 1 is 0.879 bits per heavy atom. The molecule has 0 aliphatic heterocycles. The van der Waals surface area contributed by atoms with Gasteiger partial charge in [-0.2, -0.15) is 13.2 Å². The van der Waals surface area contributed by atoms with E-state index in [1.807, 2.05) is 65.2 Å². The average Bonchev–Trinajstić information content (AvgIpc) is 3.21. The molecule has 1 heterocycles. The zero-order valence-electron chi connectivity index (χ0n) is 17.3. The van der Waals surface area contributed by atoms with E-state index in [2.05, 4.69) is 15.5 Å². The molecule has 4 rings (SSSR count). The number of carbonyl (C=O) groups is 1. The molecular weight excluding hydrogens is 449 g/mol. The highest BCUT2D eigenvalue weighted by molar-refractivity contribution is 7.99. The number of rotatable bonds is 7. The number of anilines is 1. The Hall–Kier alpha value is -3.59. The molecule has 0 bridgehead atoms. The quantitative estimate of drug-likeness (QED) is 0.351. The van der Waals surface area contributed by atoms with Crippen molar-refractivity contribution in [2.45, 2.75) is 17.9 Å². The lowest BCUT2D eigenvalue weighted by atomic mass is 10.1. The fourth-order valence-corrected chi connectivity index (χ4v) is 4.00. The maximum atomic E-state index is 13.2. The molecule has 1 aromatic heterocycles. The van der Waals surface area contributed by atoms with E-state index in [0.29, 0.717) is 17.5 Å². The van der Waals surface area contributed by atoms with Crippen LogP contribution in [0.25, 0.3) is 11.4 Å². The van der Waals surface area contributed by atoms with Gasteiger partial charge < -0.3 is 5.32 Å². The van der Waals surface area contributed by atoms with Gasteiger partial charge in [-0.3, -0.25) is 9.36 Å². The van der Waals surface area contributed by atoms with Crippen LogP contribution in [0.3, 0.4) is 0 Å². The lowest BCUT2D eigenvalue weighted by Crippen LogP contribution is -2.18. The number of benzene rings is 3. The molecule has 5 nitrogen and oxygen atoms in total. The smallest absolute Gasteiger partial charge is 0.325 e. The number of nitrogens with zero attached hydrogens (tertiary/aromatic N) is 3. The van der Waals surface area contributed by atoms with Crippen LogP contribution in [0.4, 0.5) is 18.9 Å². The van der Waals surface area contributed by atoms with Crippen LogP contribution in [0.1, 0.15) is 11.1 Å². The molecule has 0 fully saturated rings. The summed E-state index contributed by atoms with van der Waals surface area (Å²) in [5.41, 5.74) is 0.740. The van der Waals surface area contributed by atoms with Crippen LogP contribution < -0.4 is 5.32 Å². The van der Waals surface area contributed by atoms with Gasteiger partial charge in [0, 0.05) is 5.56 Å². The SMILES string of the molecule is O=C(CSc1nnc(-c2ccccc2)n1Cc1ccccc1)Nc1ccccc1C(F)(F)F. The van der Waals surface area contributed by atoms with Crippen molar-refractivity contribution < 1.29 is 18.0 Å². The van der Waals surface area contributed by atoms with Gasteiger partial charge in [-0.15, -0.1) is 10.2 Å². The molecule has 0 aliphatic rings. The first-order chi connectivity index (χ1) is 15.9. The van der Waals surface area contributed by atoms with Crippen molar-refractivity contribution in [3.8, 4) is 11.4 Å². The maximum Gasteiger partial charge on any atom is 0.418 e. The Labute approximate surface area is 192 Å². The Morgan fingerprint density at radius 3 is 2.21 bits per heavy atom. The molecule has 4 aromatic rings. The van der Waals surface area contributed by atoms with E-state index in [1.165, 1.54) is 18.2 Å². The normalized spacial score (nSPS) is 11.4. The lowest BCUT2D eigenvalue weighted by Gasteiger charge is -2.13. The first-order valence-electron chi connectivity index (χ1n) is 10.0. The van der Waals surface area contributed by atoms with Crippen molar-refractivity contribution in [1.29, 1.82) is 0 Å². The van der Waals surface area contributed by atoms with Crippen molar-refractivity contribution in [3.05, 3.63) is 96.1 Å². The lowest BCUT2D eigenvalue weighted by molar-refractivity contribution is -0.137. The molecule has 0 spiro atoms. The van der Waals surface area contributed by atoms with Crippen LogP contribution in [0.2, 0.25) is 0 Å². The van der Waals surface area contributed by atoms with Gasteiger partial charge >= 0.3 is 6.18 Å². The second-order valence-corrected chi connectivity index (χ2v) is 8.07. The first kappa shape index (κ1) is 22.6. The van der Waals surface area contributed by atoms with E-state index in [-0.39, 0.29) is 11.4 Å². The fraction of sp³-hybridized carbons (Fsp3) is 0.125. The predicted octanol–water partition coefficient (Wildman–Crippen LogP) is 5.74. The minimum atomic E-state index is -4.56. The predicted molar refractivity (Wildman–Crippen MR) is 122 cm³/mol. The number of alkyl halides is 3. The summed E-state index contributed by atoms with van der Waals surface area (Å²) in [5, 5.41) is 11.4. The van der Waals surface area contributed by atoms with Gasteiger partial charge in [0.15, 0.2) is 11.0 Å². The number of hydrogen-bond donors (Lipinski definition) is 1. The summed E-state index contributed by atoms with van der Waals surface area (Å²) in [7, 11) is 0. The van der Waals surface area contributed by atoms with Gasteiger partial charge in [-0.1, -0.05) is 84.6 Å². The summed E-state index contributed by atoms with van der Waals surface area (Å²) in [6, 6.07) is 24.2. The van der Waals surface area contributed by atoms with Crippen molar-refractivity contribution in [1.82, 2.24) is 14.8 Å². The molecule has 0 saturated carbocycles. The zero-order chi connectivity index (χ0) is 23.3. The molecule has 3 aromatic carbocycles. The fourth-order valence-electron chi connectivity index (χ4n) is 3.26. The Bertz CT molecular complexity index is 1230. The summed E-state index contributed by atoms with van der Waals surface area (Å²) in [6.45, 7) is 0.485. The van der Waals surface area contributed by atoms with Gasteiger partial charge in [0.05, 0.1) is 23.5 Å². The molecular formula is C24H19F3N4OS. The number of nitrogens with one attached hydrogen (secondary N) is 1. The number of aromatic nitrogens is 3. The molecule has 0 unspecified atom stereocenters. The molecule has 1 N–H and O–H groups in total. The summed E-state index contributed by atoms with van der Waals surface area (Å²) >= 11 is 1.12. The van der Waals surface area contributed by atoms with E-state index < -0.39 is 17.6 Å². The summed E-state index contributed by atoms with van der Waals surface area (Å²) in [4.78, 5) is 12.5. The highest BCUT2D eigenvalue weighted by Crippen LogP contribution is 2.34. The van der Waals surface area contributed by atoms with Crippen molar-refractivity contribution in [3.63, 3.8) is 0 Å². The van der Waals surface area contributed by atoms with E-state index in [4.69, 9.17) is 0 Å². The summed E-state index contributed by atoms with van der Waals surface area (Å²) < 4.78 is 41.5. The standard InChI is InChI=1S/C24H19F3N4OS/c25-24(26,27)19-13-7-8-14-20(19)28-21(32)16-33-23-30-29-22(18-11-5-2-6-12-18)31(23)15-17-9-3-1-4-10-17/h1-14H,15-16H2,(H,28,32). The molecule has 0 saturated heterocycles. The first-order valence-corrected chi connectivity index (χ1v) is 11.0. The summed E-state index contributed by atoms with van der Waals surface area (Å²) in [6.07, 6.45) is -4.56. The topological polar surface area (TPSA) is 59.8 Å². The number of carbonyl (C=O) groups excluding carboxylic acids is 1. The Kier molecular flexibility index (Phi) is 6.79. The number of para-hydroxylation sites is 1. The summed E-state index contributed by atoms with van der Waals surface area (Å²) in [5.74, 6) is -0.0366. The van der Waals surface area contributed by atoms with Crippen molar-refractivity contribution >= 4 is 23.4 Å². The molecule has 0 aliphatic carbocycles. The minimum absolute atomic E-state index is 0.117. The number of halogens is 3. The van der Waals surface area contributed by atoms with Crippen LogP contribution in [0.15, 0.2) is 90.1 Å². The van der Waals surface area contributed by atoms with Gasteiger partial charge in [-0.05, 0) is 17.7 Å². The van der Waals surface area contributed by atoms with Crippen LogP contribution in [0.5, 0.6) is 0 Å². The van der Waals surface area contributed by atoms with Crippen molar-refractivity contribution in [2.75, 3.05) is 11.1 Å². The van der Waals surface area contributed by atoms with Gasteiger partial charge in [0.25, 0.3) is 0 Å². The minimum Gasteiger partial charge on any atom is -0.325 e. The highest BCUT2D eigenvalue weighted by Gasteiger charge is 2.33. The average molecular weight is 469 g/mol. The molecule has 1 amide bonds. The number of amides is 1. The largest absolute Gasteiger partial charge is 0.418 e.